The summed E-state index contributed by atoms with van der Waals surface area (Å²) in [4.78, 5) is 12.8. The molecule has 200 valence electrons. The Morgan fingerprint density at radius 1 is 0.895 bits per heavy atom. The van der Waals surface area contributed by atoms with Crippen LogP contribution in [0, 0.1) is 28.6 Å². The van der Waals surface area contributed by atoms with Crippen molar-refractivity contribution in [3.8, 4) is 0 Å². The molecule has 0 bridgehead atoms. The van der Waals surface area contributed by atoms with Gasteiger partial charge in [0.15, 0.2) is 0 Å². The van der Waals surface area contributed by atoms with E-state index in [0.29, 0.717) is 30.8 Å². The van der Waals surface area contributed by atoms with Crippen LogP contribution in [0.15, 0.2) is 84.1 Å². The van der Waals surface area contributed by atoms with Gasteiger partial charge in [-0.2, -0.15) is 0 Å². The maximum atomic E-state index is 12.8. The summed E-state index contributed by atoms with van der Waals surface area (Å²) in [5.41, 5.74) is 4.27. The van der Waals surface area contributed by atoms with E-state index in [1.807, 2.05) is 18.2 Å². The predicted molar refractivity (Wildman–Crippen MR) is 151 cm³/mol. The van der Waals surface area contributed by atoms with Crippen LogP contribution >= 0.6 is 0 Å². The number of fused-ring (bicyclic) bond motifs is 5. The van der Waals surface area contributed by atoms with Crippen LogP contribution < -0.4 is 0 Å². The molecule has 38 heavy (non-hydrogen) atoms. The van der Waals surface area contributed by atoms with Gasteiger partial charge >= 0.3 is 5.97 Å². The molecule has 0 amide bonds. The van der Waals surface area contributed by atoms with Gasteiger partial charge in [-0.1, -0.05) is 80.6 Å². The number of aryl methyl sites for hydroxylation is 1. The second-order valence-corrected chi connectivity index (χ2v) is 12.7. The van der Waals surface area contributed by atoms with Crippen LogP contribution in [0.4, 0.5) is 0 Å². The smallest absolute Gasteiger partial charge is 0.306 e. The molecule has 6 atom stereocenters. The molecule has 4 aliphatic rings. The minimum absolute atomic E-state index is 0.0268. The molecule has 3 nitrogen and oxygen atoms in total. The zero-order chi connectivity index (χ0) is 26.2. The quantitative estimate of drug-likeness (QED) is 0.352. The van der Waals surface area contributed by atoms with Crippen molar-refractivity contribution in [1.82, 2.24) is 0 Å². The van der Waals surface area contributed by atoms with Gasteiger partial charge in [-0.05, 0) is 90.9 Å². The van der Waals surface area contributed by atoms with Gasteiger partial charge in [-0.25, -0.2) is 0 Å². The fourth-order valence-corrected chi connectivity index (χ4v) is 8.42. The van der Waals surface area contributed by atoms with Crippen LogP contribution in [0.3, 0.4) is 0 Å². The third-order valence-electron chi connectivity index (χ3n) is 10.6. The number of carbonyl (C=O) groups excluding carboxylic acids is 1. The molecule has 2 aromatic carbocycles. The molecule has 0 spiro atoms. The molecule has 0 aliphatic heterocycles. The monoisotopic (exact) mass is 510 g/mol. The van der Waals surface area contributed by atoms with Crippen molar-refractivity contribution in [3.05, 3.63) is 95.3 Å². The zero-order valence-electron chi connectivity index (χ0n) is 23.0. The van der Waals surface area contributed by atoms with Gasteiger partial charge < -0.3 is 9.47 Å². The Kier molecular flexibility index (Phi) is 6.97. The van der Waals surface area contributed by atoms with Gasteiger partial charge in [-0.3, -0.25) is 4.79 Å². The molecule has 0 radical (unpaired) electrons. The minimum atomic E-state index is -0.0268. The predicted octanol–water partition coefficient (Wildman–Crippen LogP) is 8.20. The van der Waals surface area contributed by atoms with E-state index in [1.165, 1.54) is 42.4 Å². The molecule has 0 saturated heterocycles. The molecular weight excluding hydrogens is 468 g/mol. The van der Waals surface area contributed by atoms with Gasteiger partial charge in [0.25, 0.3) is 0 Å². The van der Waals surface area contributed by atoms with E-state index in [4.69, 9.17) is 9.47 Å². The lowest BCUT2D eigenvalue weighted by molar-refractivity contribution is -0.159. The van der Waals surface area contributed by atoms with Gasteiger partial charge in [0.2, 0.25) is 0 Å². The second-order valence-electron chi connectivity index (χ2n) is 12.7. The summed E-state index contributed by atoms with van der Waals surface area (Å²) in [5.74, 6) is 3.15. The van der Waals surface area contributed by atoms with E-state index in [9.17, 15) is 4.79 Å². The van der Waals surface area contributed by atoms with Crippen molar-refractivity contribution in [3.63, 3.8) is 0 Å². The summed E-state index contributed by atoms with van der Waals surface area (Å²) in [6, 6.07) is 20.7. The first-order chi connectivity index (χ1) is 18.5. The highest BCUT2D eigenvalue weighted by atomic mass is 16.5. The Morgan fingerprint density at radius 2 is 1.63 bits per heavy atom. The third kappa shape index (κ3) is 4.74. The van der Waals surface area contributed by atoms with Gasteiger partial charge in [0, 0.05) is 18.3 Å². The Morgan fingerprint density at radius 3 is 2.39 bits per heavy atom. The standard InChI is InChI=1S/C35H42O3/c1-34-21-19-28(37-24-26-11-7-4-8-12-26)23-27(34)14-15-29-30-16-17-32(35(30,2)22-20-31(29)34)38-33(36)18-13-25-9-5-3-6-10-25/h3-12,14,23,29-32H,13,15-22,24H2,1-2H3/t29-,30-,31-,32+,34-,35-/m0/s1. The van der Waals surface area contributed by atoms with E-state index in [0.717, 1.165) is 31.4 Å². The normalized spacial score (nSPS) is 33.7. The SMILES string of the molecule is C[C@]12CC[C@H]3[C@@H](CC=C4C=C(OCc5ccccc5)CC[C@@]43C)[C@@H]1CC[C@H]2OC(=O)CCc1ccccc1. The number of ether oxygens (including phenoxy) is 2. The lowest BCUT2D eigenvalue weighted by Crippen LogP contribution is -2.50. The summed E-state index contributed by atoms with van der Waals surface area (Å²) < 4.78 is 12.5. The number of esters is 1. The number of allylic oxidation sites excluding steroid dienone is 4. The molecule has 0 heterocycles. The average molecular weight is 511 g/mol. The van der Waals surface area contributed by atoms with Crippen molar-refractivity contribution in [2.75, 3.05) is 0 Å². The van der Waals surface area contributed by atoms with E-state index in [1.54, 1.807) is 0 Å². The van der Waals surface area contributed by atoms with Crippen molar-refractivity contribution in [1.29, 1.82) is 0 Å². The Labute approximate surface area is 228 Å². The third-order valence-corrected chi connectivity index (χ3v) is 10.6. The van der Waals surface area contributed by atoms with Crippen molar-refractivity contribution >= 4 is 5.97 Å². The molecule has 0 aromatic heterocycles. The van der Waals surface area contributed by atoms with E-state index in [2.05, 4.69) is 68.5 Å². The van der Waals surface area contributed by atoms with Crippen LogP contribution in [0.25, 0.3) is 0 Å². The summed E-state index contributed by atoms with van der Waals surface area (Å²) in [7, 11) is 0. The van der Waals surface area contributed by atoms with Gasteiger partial charge in [0.1, 0.15) is 12.7 Å². The molecule has 3 heteroatoms. The fraction of sp³-hybridized carbons (Fsp3) is 0.514. The summed E-state index contributed by atoms with van der Waals surface area (Å²) in [5, 5.41) is 0. The lowest BCUT2D eigenvalue weighted by Gasteiger charge is -2.56. The van der Waals surface area contributed by atoms with Crippen molar-refractivity contribution < 1.29 is 14.3 Å². The highest BCUT2D eigenvalue weighted by Crippen LogP contribution is 2.65. The zero-order valence-corrected chi connectivity index (χ0v) is 23.0. The molecule has 0 N–H and O–H groups in total. The first-order valence-electron chi connectivity index (χ1n) is 14.8. The van der Waals surface area contributed by atoms with Crippen LogP contribution in [0.1, 0.15) is 76.3 Å². The molecule has 6 rings (SSSR count). The number of rotatable bonds is 7. The maximum Gasteiger partial charge on any atom is 0.306 e. The number of carbonyl (C=O) groups is 1. The minimum Gasteiger partial charge on any atom is -0.493 e. The Bertz CT molecular complexity index is 1200. The number of benzene rings is 2. The highest BCUT2D eigenvalue weighted by molar-refractivity contribution is 5.70. The van der Waals surface area contributed by atoms with Crippen molar-refractivity contribution in [2.45, 2.75) is 84.3 Å². The van der Waals surface area contributed by atoms with Crippen LogP contribution in [-0.4, -0.2) is 12.1 Å². The fourth-order valence-electron chi connectivity index (χ4n) is 8.42. The lowest BCUT2D eigenvalue weighted by atomic mass is 9.48. The van der Waals surface area contributed by atoms with Crippen LogP contribution in [-0.2, 0) is 27.3 Å². The number of hydrogen-bond donors (Lipinski definition) is 0. The molecular formula is C35H42O3. The maximum absolute atomic E-state index is 12.8. The highest BCUT2D eigenvalue weighted by Gasteiger charge is 2.59. The number of hydrogen-bond acceptors (Lipinski definition) is 3. The Balaban J connectivity index is 1.11. The molecule has 0 unspecified atom stereocenters. The van der Waals surface area contributed by atoms with Crippen molar-refractivity contribution in [2.24, 2.45) is 28.6 Å². The van der Waals surface area contributed by atoms with Gasteiger partial charge in [-0.15, -0.1) is 0 Å². The topological polar surface area (TPSA) is 35.5 Å². The first-order valence-corrected chi connectivity index (χ1v) is 14.8. The summed E-state index contributed by atoms with van der Waals surface area (Å²) in [6.45, 7) is 5.58. The van der Waals surface area contributed by atoms with Crippen LogP contribution in [0.5, 0.6) is 0 Å². The Hall–Kier alpha value is -2.81. The van der Waals surface area contributed by atoms with E-state index in [-0.39, 0.29) is 22.9 Å². The van der Waals surface area contributed by atoms with E-state index >= 15 is 0 Å². The van der Waals surface area contributed by atoms with Crippen LogP contribution in [0.2, 0.25) is 0 Å². The second kappa shape index (κ2) is 10.4. The largest absolute Gasteiger partial charge is 0.493 e. The van der Waals surface area contributed by atoms with Gasteiger partial charge in [0.05, 0.1) is 5.76 Å². The molecule has 2 fully saturated rings. The molecule has 4 aliphatic carbocycles. The average Bonchev–Trinajstić information content (AvgIpc) is 3.27. The van der Waals surface area contributed by atoms with E-state index < -0.39 is 0 Å². The molecule has 2 aromatic rings. The first kappa shape index (κ1) is 25.5. The summed E-state index contributed by atoms with van der Waals surface area (Å²) in [6.07, 6.45) is 14.1. The summed E-state index contributed by atoms with van der Waals surface area (Å²) >= 11 is 0. The molecule has 2 saturated carbocycles.